The first-order valence-electron chi connectivity index (χ1n) is 7.25. The Labute approximate surface area is 130 Å². The van der Waals surface area contributed by atoms with Crippen LogP contribution in [-0.4, -0.2) is 53.7 Å². The van der Waals surface area contributed by atoms with Gasteiger partial charge in [0, 0.05) is 6.54 Å². The Kier molecular flexibility index (Phi) is 4.92. The fourth-order valence-electron chi connectivity index (χ4n) is 2.49. The van der Waals surface area contributed by atoms with Crippen LogP contribution in [0.3, 0.4) is 0 Å². The minimum absolute atomic E-state index is 0.127. The third-order valence-corrected chi connectivity index (χ3v) is 3.86. The molecule has 0 aromatic heterocycles. The van der Waals surface area contributed by atoms with Crippen molar-refractivity contribution in [2.75, 3.05) is 14.1 Å². The van der Waals surface area contributed by atoms with E-state index in [1.54, 1.807) is 25.9 Å². The summed E-state index contributed by atoms with van der Waals surface area (Å²) in [5, 5.41) is 2.76. The van der Waals surface area contributed by atoms with Gasteiger partial charge in [0.15, 0.2) is 0 Å². The number of hydrogen-bond acceptors (Lipinski definition) is 4. The Morgan fingerprint density at radius 1 is 1.32 bits per heavy atom. The summed E-state index contributed by atoms with van der Waals surface area (Å²) < 4.78 is 0. The number of likely N-dealkylation sites (tertiary alicyclic amines) is 1. The average Bonchev–Trinajstić information content (AvgIpc) is 2.80. The second-order valence-electron chi connectivity index (χ2n) is 5.66. The lowest BCUT2D eigenvalue weighted by Crippen LogP contribution is -2.49. The van der Waals surface area contributed by atoms with Crippen LogP contribution in [0.1, 0.15) is 18.9 Å². The van der Waals surface area contributed by atoms with Gasteiger partial charge in [0.1, 0.15) is 6.04 Å². The third kappa shape index (κ3) is 3.33. The van der Waals surface area contributed by atoms with Crippen molar-refractivity contribution >= 4 is 17.7 Å². The first kappa shape index (κ1) is 16.2. The summed E-state index contributed by atoms with van der Waals surface area (Å²) >= 11 is 0. The van der Waals surface area contributed by atoms with Crippen molar-refractivity contribution in [3.8, 4) is 0 Å². The van der Waals surface area contributed by atoms with Crippen LogP contribution in [0.2, 0.25) is 0 Å². The van der Waals surface area contributed by atoms with Gasteiger partial charge in [-0.25, -0.2) is 0 Å². The van der Waals surface area contributed by atoms with E-state index in [1.165, 1.54) is 0 Å². The molecule has 1 heterocycles. The summed E-state index contributed by atoms with van der Waals surface area (Å²) in [6, 6.07) is 8.21. The maximum atomic E-state index is 12.3. The molecule has 6 heteroatoms. The number of carbonyl (C=O) groups excluding carboxylic acids is 3. The van der Waals surface area contributed by atoms with Crippen molar-refractivity contribution in [1.29, 1.82) is 0 Å². The Balaban J connectivity index is 1.98. The summed E-state index contributed by atoms with van der Waals surface area (Å²) in [6.45, 7) is 1.95. The number of amides is 3. The fourth-order valence-corrected chi connectivity index (χ4v) is 2.49. The number of hydrogen-bond donors (Lipinski definition) is 1. The Bertz CT molecular complexity index is 571. The lowest BCUT2D eigenvalue weighted by molar-refractivity contribution is -0.147. The van der Waals surface area contributed by atoms with Gasteiger partial charge in [0.2, 0.25) is 17.7 Å². The highest BCUT2D eigenvalue weighted by Gasteiger charge is 2.43. The van der Waals surface area contributed by atoms with Crippen LogP contribution < -0.4 is 5.32 Å². The summed E-state index contributed by atoms with van der Waals surface area (Å²) in [7, 11) is 3.50. The van der Waals surface area contributed by atoms with E-state index >= 15 is 0 Å². The molecular weight excluding hydrogens is 282 g/mol. The summed E-state index contributed by atoms with van der Waals surface area (Å²) in [4.78, 5) is 39.3. The SMILES string of the molecule is C[C@@H](C(=O)NCc1ccccc1)N1C(=O)CC(N(C)C)C1=O. The van der Waals surface area contributed by atoms with Crippen molar-refractivity contribution in [1.82, 2.24) is 15.1 Å². The van der Waals surface area contributed by atoms with Crippen molar-refractivity contribution in [2.24, 2.45) is 0 Å². The van der Waals surface area contributed by atoms with E-state index in [9.17, 15) is 14.4 Å². The van der Waals surface area contributed by atoms with E-state index in [-0.39, 0.29) is 24.1 Å². The number of likely N-dealkylation sites (N-methyl/N-ethyl adjacent to an activating group) is 1. The molecule has 0 spiro atoms. The summed E-state index contributed by atoms with van der Waals surface area (Å²) in [5.74, 6) is -0.937. The van der Waals surface area contributed by atoms with Crippen LogP contribution in [0.4, 0.5) is 0 Å². The van der Waals surface area contributed by atoms with Gasteiger partial charge in [-0.05, 0) is 26.6 Å². The number of nitrogens with one attached hydrogen (secondary N) is 1. The lowest BCUT2D eigenvalue weighted by atomic mass is 10.2. The van der Waals surface area contributed by atoms with E-state index in [2.05, 4.69) is 5.32 Å². The molecule has 2 atom stereocenters. The van der Waals surface area contributed by atoms with E-state index in [4.69, 9.17) is 0 Å². The van der Waals surface area contributed by atoms with E-state index in [0.29, 0.717) is 6.54 Å². The van der Waals surface area contributed by atoms with Crippen molar-refractivity contribution in [2.45, 2.75) is 32.0 Å². The van der Waals surface area contributed by atoms with Gasteiger partial charge in [-0.2, -0.15) is 0 Å². The number of benzene rings is 1. The maximum absolute atomic E-state index is 12.3. The van der Waals surface area contributed by atoms with Crippen molar-refractivity contribution in [3.05, 3.63) is 35.9 Å². The highest BCUT2D eigenvalue weighted by molar-refractivity contribution is 6.08. The second-order valence-corrected chi connectivity index (χ2v) is 5.66. The van der Waals surface area contributed by atoms with Gasteiger partial charge in [0.25, 0.3) is 0 Å². The van der Waals surface area contributed by atoms with E-state index < -0.39 is 12.1 Å². The minimum atomic E-state index is -0.798. The van der Waals surface area contributed by atoms with Gasteiger partial charge in [-0.15, -0.1) is 0 Å². The topological polar surface area (TPSA) is 69.7 Å². The number of imide groups is 1. The van der Waals surface area contributed by atoms with Crippen LogP contribution >= 0.6 is 0 Å². The standard InChI is InChI=1S/C16H21N3O3/c1-11(15(21)17-10-12-7-5-4-6-8-12)19-14(20)9-13(16(19)22)18(2)3/h4-8,11,13H,9-10H2,1-3H3,(H,17,21)/t11-,13?/m0/s1. The molecular formula is C16H21N3O3. The Morgan fingerprint density at radius 2 is 1.95 bits per heavy atom. The largest absolute Gasteiger partial charge is 0.350 e. The normalized spacial score (nSPS) is 19.6. The molecule has 0 bridgehead atoms. The monoisotopic (exact) mass is 303 g/mol. The maximum Gasteiger partial charge on any atom is 0.247 e. The summed E-state index contributed by atoms with van der Waals surface area (Å²) in [5.41, 5.74) is 0.966. The molecule has 0 aliphatic carbocycles. The zero-order valence-corrected chi connectivity index (χ0v) is 13.1. The van der Waals surface area contributed by atoms with Crippen LogP contribution in [0, 0.1) is 0 Å². The molecule has 6 nitrogen and oxygen atoms in total. The minimum Gasteiger partial charge on any atom is -0.350 e. The first-order valence-corrected chi connectivity index (χ1v) is 7.25. The number of carbonyl (C=O) groups is 3. The van der Waals surface area contributed by atoms with E-state index in [1.807, 2.05) is 30.3 Å². The molecule has 1 unspecified atom stereocenters. The zero-order chi connectivity index (χ0) is 16.3. The van der Waals surface area contributed by atoms with Crippen LogP contribution in [0.15, 0.2) is 30.3 Å². The molecule has 0 saturated carbocycles. The fraction of sp³-hybridized carbons (Fsp3) is 0.438. The zero-order valence-electron chi connectivity index (χ0n) is 13.1. The molecule has 1 saturated heterocycles. The molecule has 1 aliphatic heterocycles. The first-order chi connectivity index (χ1) is 10.4. The predicted molar refractivity (Wildman–Crippen MR) is 81.7 cm³/mol. The van der Waals surface area contributed by atoms with Crippen LogP contribution in [-0.2, 0) is 20.9 Å². The average molecular weight is 303 g/mol. The highest BCUT2D eigenvalue weighted by Crippen LogP contribution is 2.19. The molecule has 1 aliphatic rings. The number of nitrogens with zero attached hydrogens (tertiary/aromatic N) is 2. The van der Waals surface area contributed by atoms with Gasteiger partial charge >= 0.3 is 0 Å². The Morgan fingerprint density at radius 3 is 2.50 bits per heavy atom. The molecule has 22 heavy (non-hydrogen) atoms. The van der Waals surface area contributed by atoms with E-state index in [0.717, 1.165) is 10.5 Å². The smallest absolute Gasteiger partial charge is 0.247 e. The van der Waals surface area contributed by atoms with Gasteiger partial charge in [0.05, 0.1) is 12.5 Å². The molecule has 3 amide bonds. The molecule has 1 aromatic rings. The molecule has 1 aromatic carbocycles. The molecule has 1 N–H and O–H groups in total. The van der Waals surface area contributed by atoms with Crippen molar-refractivity contribution < 1.29 is 14.4 Å². The van der Waals surface area contributed by atoms with Gasteiger partial charge in [-0.1, -0.05) is 30.3 Å². The van der Waals surface area contributed by atoms with Gasteiger partial charge < -0.3 is 5.32 Å². The lowest BCUT2D eigenvalue weighted by Gasteiger charge is -2.23. The van der Waals surface area contributed by atoms with Crippen LogP contribution in [0.25, 0.3) is 0 Å². The number of rotatable bonds is 5. The van der Waals surface area contributed by atoms with Crippen LogP contribution in [0.5, 0.6) is 0 Å². The van der Waals surface area contributed by atoms with Gasteiger partial charge in [-0.3, -0.25) is 24.2 Å². The highest BCUT2D eigenvalue weighted by atomic mass is 16.2. The van der Waals surface area contributed by atoms with Crippen molar-refractivity contribution in [3.63, 3.8) is 0 Å². The Hall–Kier alpha value is -2.21. The quantitative estimate of drug-likeness (QED) is 0.799. The third-order valence-electron chi connectivity index (χ3n) is 3.86. The molecule has 2 rings (SSSR count). The second kappa shape index (κ2) is 6.70. The molecule has 1 fully saturated rings. The summed E-state index contributed by atoms with van der Waals surface area (Å²) in [6.07, 6.45) is 0.127. The molecule has 118 valence electrons. The molecule has 0 radical (unpaired) electrons. The predicted octanol–water partition coefficient (Wildman–Crippen LogP) is 0.380.